The fourth-order valence-electron chi connectivity index (χ4n) is 2.77. The maximum Gasteiger partial charge on any atom is 0.279 e. The summed E-state index contributed by atoms with van der Waals surface area (Å²) in [5, 5.41) is 5.89. The average Bonchev–Trinajstić information content (AvgIpc) is 2.67. The molecule has 2 aromatic carbocycles. The number of hydrogen-bond donors (Lipinski definition) is 3. The van der Waals surface area contributed by atoms with Gasteiger partial charge in [-0.15, -0.1) is 11.8 Å². The quantitative estimate of drug-likeness (QED) is 0.537. The Labute approximate surface area is 171 Å². The molecule has 0 heterocycles. The molecule has 1 unspecified atom stereocenters. The van der Waals surface area contributed by atoms with Gasteiger partial charge in [0.1, 0.15) is 0 Å². The molecule has 0 radical (unpaired) electrons. The lowest BCUT2D eigenvalue weighted by Gasteiger charge is -2.18. The van der Waals surface area contributed by atoms with E-state index < -0.39 is 0 Å². The molecule has 0 bridgehead atoms. The van der Waals surface area contributed by atoms with E-state index in [1.165, 1.54) is 5.56 Å². The van der Waals surface area contributed by atoms with Gasteiger partial charge in [-0.3, -0.25) is 9.59 Å². The van der Waals surface area contributed by atoms with Crippen LogP contribution in [0.5, 0.6) is 0 Å². The van der Waals surface area contributed by atoms with Gasteiger partial charge >= 0.3 is 0 Å². The number of rotatable bonds is 10. The number of benzene rings is 2. The highest BCUT2D eigenvalue weighted by Gasteiger charge is 2.18. The van der Waals surface area contributed by atoms with Gasteiger partial charge in [-0.2, -0.15) is 0 Å². The Hall–Kier alpha value is -2.31. The maximum atomic E-state index is 12.5. The topological polar surface area (TPSA) is 62.6 Å². The summed E-state index contributed by atoms with van der Waals surface area (Å²) in [5.41, 5.74) is 2.06. The van der Waals surface area contributed by atoms with E-state index in [-0.39, 0.29) is 24.4 Å². The van der Waals surface area contributed by atoms with Crippen LogP contribution in [0.3, 0.4) is 0 Å². The van der Waals surface area contributed by atoms with Crippen molar-refractivity contribution >= 4 is 29.3 Å². The summed E-state index contributed by atoms with van der Waals surface area (Å²) in [6.45, 7) is 7.12. The largest absolute Gasteiger partial charge is 0.349 e. The summed E-state index contributed by atoms with van der Waals surface area (Å²) in [6, 6.07) is 18.2. The number of anilines is 1. The lowest BCUT2D eigenvalue weighted by molar-refractivity contribution is -0.881. The molecule has 0 aliphatic heterocycles. The SMILES string of the molecule is CC[NH+](CC(=O)Nc1ccccc1SCc1ccccc1)CC(=O)NC(C)C. The second kappa shape index (κ2) is 11.5. The molecule has 28 heavy (non-hydrogen) atoms. The fourth-order valence-corrected chi connectivity index (χ4v) is 3.73. The van der Waals surface area contributed by atoms with Gasteiger partial charge in [0.2, 0.25) is 0 Å². The van der Waals surface area contributed by atoms with Crippen molar-refractivity contribution in [2.75, 3.05) is 25.0 Å². The number of amides is 2. The Balaban J connectivity index is 1.93. The zero-order valence-electron chi connectivity index (χ0n) is 16.8. The third-order valence-corrected chi connectivity index (χ3v) is 5.31. The Morgan fingerprint density at radius 2 is 1.61 bits per heavy atom. The van der Waals surface area contributed by atoms with E-state index in [1.807, 2.05) is 63.2 Å². The first kappa shape index (κ1) is 22.0. The van der Waals surface area contributed by atoms with Crippen LogP contribution in [-0.4, -0.2) is 37.5 Å². The second-order valence-corrected chi connectivity index (χ2v) is 8.02. The van der Waals surface area contributed by atoms with Crippen LogP contribution in [0.4, 0.5) is 5.69 Å². The minimum absolute atomic E-state index is 0.0292. The number of carbonyl (C=O) groups is 2. The molecule has 2 aromatic rings. The number of thioether (sulfide) groups is 1. The molecular weight excluding hydrogens is 370 g/mol. The highest BCUT2D eigenvalue weighted by atomic mass is 32.2. The number of para-hydroxylation sites is 1. The standard InChI is InChI=1S/C22H29N3O2S/c1-4-25(14-21(26)23-17(2)3)15-22(27)24-19-12-8-9-13-20(19)28-16-18-10-6-5-7-11-18/h5-13,17H,4,14-16H2,1-3H3,(H,23,26)(H,24,27)/p+1. The Bertz CT molecular complexity index is 765. The van der Waals surface area contributed by atoms with Crippen LogP contribution in [0.2, 0.25) is 0 Å². The lowest BCUT2D eigenvalue weighted by Crippen LogP contribution is -3.14. The summed E-state index contributed by atoms with van der Waals surface area (Å²) in [4.78, 5) is 26.5. The van der Waals surface area contributed by atoms with Crippen molar-refractivity contribution in [3.63, 3.8) is 0 Å². The molecule has 2 rings (SSSR count). The van der Waals surface area contributed by atoms with Gasteiger partial charge < -0.3 is 15.5 Å². The second-order valence-electron chi connectivity index (χ2n) is 7.00. The molecule has 0 fully saturated rings. The molecule has 0 aromatic heterocycles. The molecule has 5 nitrogen and oxygen atoms in total. The van der Waals surface area contributed by atoms with Crippen LogP contribution in [0.25, 0.3) is 0 Å². The first-order chi connectivity index (χ1) is 13.5. The summed E-state index contributed by atoms with van der Waals surface area (Å²) in [6.07, 6.45) is 0. The van der Waals surface area contributed by atoms with Gasteiger partial charge in [-0.25, -0.2) is 0 Å². The van der Waals surface area contributed by atoms with Crippen LogP contribution < -0.4 is 15.5 Å². The van der Waals surface area contributed by atoms with Crippen molar-refractivity contribution in [2.45, 2.75) is 37.5 Å². The third kappa shape index (κ3) is 7.74. The summed E-state index contributed by atoms with van der Waals surface area (Å²) in [7, 11) is 0. The lowest BCUT2D eigenvalue weighted by atomic mass is 10.2. The first-order valence-electron chi connectivity index (χ1n) is 9.66. The van der Waals surface area contributed by atoms with Gasteiger partial charge in [-0.1, -0.05) is 42.5 Å². The van der Waals surface area contributed by atoms with Gasteiger partial charge in [0.15, 0.2) is 13.1 Å². The van der Waals surface area contributed by atoms with E-state index in [2.05, 4.69) is 22.8 Å². The molecule has 0 aliphatic rings. The van der Waals surface area contributed by atoms with Gasteiger partial charge in [0.25, 0.3) is 11.8 Å². The van der Waals surface area contributed by atoms with E-state index in [4.69, 9.17) is 0 Å². The number of quaternary nitrogens is 1. The first-order valence-corrected chi connectivity index (χ1v) is 10.6. The number of carbonyl (C=O) groups excluding carboxylic acids is 2. The molecule has 0 saturated heterocycles. The Morgan fingerprint density at radius 3 is 2.29 bits per heavy atom. The van der Waals surface area contributed by atoms with Crippen LogP contribution in [0, 0.1) is 0 Å². The monoisotopic (exact) mass is 400 g/mol. The minimum Gasteiger partial charge on any atom is -0.349 e. The van der Waals surface area contributed by atoms with Crippen LogP contribution >= 0.6 is 11.8 Å². The summed E-state index contributed by atoms with van der Waals surface area (Å²) >= 11 is 1.70. The maximum absolute atomic E-state index is 12.5. The number of nitrogens with one attached hydrogen (secondary N) is 3. The highest BCUT2D eigenvalue weighted by molar-refractivity contribution is 7.98. The zero-order valence-corrected chi connectivity index (χ0v) is 17.6. The van der Waals surface area contributed by atoms with E-state index in [1.54, 1.807) is 11.8 Å². The Kier molecular flexibility index (Phi) is 9.04. The van der Waals surface area contributed by atoms with Crippen molar-refractivity contribution in [3.05, 3.63) is 60.2 Å². The molecule has 6 heteroatoms. The summed E-state index contributed by atoms with van der Waals surface area (Å²) in [5.74, 6) is 0.732. The normalized spacial score (nSPS) is 11.9. The molecule has 0 aliphatic carbocycles. The summed E-state index contributed by atoms with van der Waals surface area (Å²) < 4.78 is 0. The predicted molar refractivity (Wildman–Crippen MR) is 116 cm³/mol. The fraction of sp³-hybridized carbons (Fsp3) is 0.364. The van der Waals surface area contributed by atoms with Gasteiger partial charge in [0.05, 0.1) is 12.2 Å². The van der Waals surface area contributed by atoms with E-state index in [0.29, 0.717) is 13.1 Å². The van der Waals surface area contributed by atoms with Crippen molar-refractivity contribution in [2.24, 2.45) is 0 Å². The minimum atomic E-state index is -0.0815. The van der Waals surface area contributed by atoms with Crippen LogP contribution in [-0.2, 0) is 15.3 Å². The zero-order chi connectivity index (χ0) is 20.4. The van der Waals surface area contributed by atoms with Gasteiger partial charge in [0, 0.05) is 16.7 Å². The smallest absolute Gasteiger partial charge is 0.279 e. The molecule has 2 amide bonds. The molecule has 1 atom stereocenters. The van der Waals surface area contributed by atoms with E-state index in [0.717, 1.165) is 21.2 Å². The van der Waals surface area contributed by atoms with Crippen molar-refractivity contribution < 1.29 is 14.5 Å². The third-order valence-electron chi connectivity index (χ3n) is 4.17. The van der Waals surface area contributed by atoms with E-state index >= 15 is 0 Å². The number of likely N-dealkylation sites (N-methyl/N-ethyl adjacent to an activating group) is 1. The van der Waals surface area contributed by atoms with Crippen molar-refractivity contribution in [1.29, 1.82) is 0 Å². The van der Waals surface area contributed by atoms with E-state index in [9.17, 15) is 9.59 Å². The van der Waals surface area contributed by atoms with Gasteiger partial charge in [-0.05, 0) is 38.5 Å². The molecule has 0 saturated carbocycles. The predicted octanol–water partition coefficient (Wildman–Crippen LogP) is 2.35. The average molecular weight is 401 g/mol. The highest BCUT2D eigenvalue weighted by Crippen LogP contribution is 2.29. The molecule has 0 spiro atoms. The number of hydrogen-bond acceptors (Lipinski definition) is 3. The van der Waals surface area contributed by atoms with Crippen molar-refractivity contribution in [3.8, 4) is 0 Å². The Morgan fingerprint density at radius 1 is 0.964 bits per heavy atom. The van der Waals surface area contributed by atoms with Crippen molar-refractivity contribution in [1.82, 2.24) is 5.32 Å². The molecule has 3 N–H and O–H groups in total. The van der Waals surface area contributed by atoms with Crippen LogP contribution in [0.15, 0.2) is 59.5 Å². The molecular formula is C22H30N3O2S+. The van der Waals surface area contributed by atoms with Crippen LogP contribution in [0.1, 0.15) is 26.3 Å². The molecule has 150 valence electrons.